The van der Waals surface area contributed by atoms with Gasteiger partial charge in [-0.05, 0) is 34.6 Å². The summed E-state index contributed by atoms with van der Waals surface area (Å²) in [5.41, 5.74) is -1.37. The van der Waals surface area contributed by atoms with Gasteiger partial charge >= 0.3 is 18.0 Å². The Kier molecular flexibility index (Phi) is 9.22. The molecule has 0 bridgehead atoms. The lowest BCUT2D eigenvalue weighted by atomic mass is 10.1. The average Bonchev–Trinajstić information content (AvgIpc) is 3.30. The molecule has 0 aromatic heterocycles. The van der Waals surface area contributed by atoms with Crippen LogP contribution in [0.3, 0.4) is 0 Å². The van der Waals surface area contributed by atoms with Crippen LogP contribution in [0.15, 0.2) is 0 Å². The zero-order valence-electron chi connectivity index (χ0n) is 16.8. The molecule has 1 rings (SSSR count). The summed E-state index contributed by atoms with van der Waals surface area (Å²) in [6.07, 6.45) is -0.178. The molecule has 0 heterocycles. The Morgan fingerprint density at radius 3 is 2.29 bits per heavy atom. The minimum Gasteiger partial charge on any atom is -0.480 e. The van der Waals surface area contributed by atoms with Crippen LogP contribution >= 0.6 is 11.8 Å². The van der Waals surface area contributed by atoms with Crippen LogP contribution in [0.1, 0.15) is 34.6 Å². The molecule has 1 aliphatic carbocycles. The maximum atomic E-state index is 12.4. The van der Waals surface area contributed by atoms with E-state index < -0.39 is 52.9 Å². The SMILES string of the molecule is CCOC(=O)C1C(C(OCC)SCC=O)C1C(NC(=O)OC(C)(C)C)C(=O)O. The smallest absolute Gasteiger partial charge is 0.408 e. The topological polar surface area (TPSA) is 128 Å². The molecule has 5 unspecified atom stereocenters. The molecule has 28 heavy (non-hydrogen) atoms. The van der Waals surface area contributed by atoms with Gasteiger partial charge in [0.15, 0.2) is 0 Å². The maximum absolute atomic E-state index is 12.4. The van der Waals surface area contributed by atoms with Crippen LogP contribution in [0.5, 0.6) is 0 Å². The van der Waals surface area contributed by atoms with E-state index in [4.69, 9.17) is 14.2 Å². The fourth-order valence-corrected chi connectivity index (χ4v) is 4.09. The highest BCUT2D eigenvalue weighted by atomic mass is 32.2. The minimum absolute atomic E-state index is 0.140. The van der Waals surface area contributed by atoms with Crippen molar-refractivity contribution < 1.29 is 38.5 Å². The summed E-state index contributed by atoms with van der Waals surface area (Å²) >= 11 is 1.18. The van der Waals surface area contributed by atoms with Crippen LogP contribution in [-0.4, -0.2) is 65.5 Å². The van der Waals surface area contributed by atoms with Gasteiger partial charge in [-0.15, -0.1) is 11.8 Å². The van der Waals surface area contributed by atoms with Crippen LogP contribution < -0.4 is 5.32 Å². The molecule has 1 amide bonds. The van der Waals surface area contributed by atoms with Crippen LogP contribution in [0.2, 0.25) is 0 Å². The summed E-state index contributed by atoms with van der Waals surface area (Å²) in [6, 6.07) is -1.35. The number of amides is 1. The van der Waals surface area contributed by atoms with Crippen molar-refractivity contribution in [3.8, 4) is 0 Å². The number of nitrogens with one attached hydrogen (secondary N) is 1. The predicted octanol–water partition coefficient (Wildman–Crippen LogP) is 1.68. The van der Waals surface area contributed by atoms with Crippen molar-refractivity contribution in [1.82, 2.24) is 5.32 Å². The molecule has 0 saturated heterocycles. The average molecular weight is 419 g/mol. The molecule has 1 fully saturated rings. The van der Waals surface area contributed by atoms with E-state index in [9.17, 15) is 24.3 Å². The molecule has 0 radical (unpaired) electrons. The van der Waals surface area contributed by atoms with Crippen LogP contribution in [-0.2, 0) is 28.6 Å². The molecular formula is C18H29NO8S. The number of carbonyl (C=O) groups excluding carboxylic acids is 3. The lowest BCUT2D eigenvalue weighted by Crippen LogP contribution is -2.46. The van der Waals surface area contributed by atoms with Gasteiger partial charge in [-0.1, -0.05) is 0 Å². The Labute approximate surface area is 168 Å². The van der Waals surface area contributed by atoms with Crippen molar-refractivity contribution in [2.75, 3.05) is 19.0 Å². The summed E-state index contributed by atoms with van der Waals surface area (Å²) in [6.45, 7) is 8.86. The molecule has 160 valence electrons. The normalized spacial score (nSPS) is 23.2. The largest absolute Gasteiger partial charge is 0.480 e. The number of esters is 1. The third-order valence-corrected chi connectivity index (χ3v) is 5.10. The van der Waals surface area contributed by atoms with Gasteiger partial charge in [0.05, 0.1) is 18.3 Å². The summed E-state index contributed by atoms with van der Waals surface area (Å²) < 4.78 is 15.8. The number of alkyl carbamates (subject to hydrolysis) is 1. The lowest BCUT2D eigenvalue weighted by Gasteiger charge is -2.22. The second kappa shape index (κ2) is 10.7. The first kappa shape index (κ1) is 24.2. The molecule has 5 atom stereocenters. The van der Waals surface area contributed by atoms with E-state index in [1.54, 1.807) is 34.6 Å². The van der Waals surface area contributed by atoms with Crippen molar-refractivity contribution in [3.63, 3.8) is 0 Å². The van der Waals surface area contributed by atoms with E-state index in [0.29, 0.717) is 12.9 Å². The van der Waals surface area contributed by atoms with Crippen LogP contribution in [0.4, 0.5) is 4.79 Å². The Hall–Kier alpha value is -1.81. The number of ether oxygens (including phenoxy) is 3. The standard InChI is InChI=1S/C18H29NO8S/c1-6-25-15(23)11-10(12(11)16(26-7-2)28-9-8-20)13(14(21)22)19-17(24)27-18(3,4)5/h8,10-13,16H,6-7,9H2,1-5H3,(H,19,24)(H,21,22). The Morgan fingerprint density at radius 1 is 1.18 bits per heavy atom. The number of carboxylic acids is 1. The van der Waals surface area contributed by atoms with Gasteiger partial charge in [0, 0.05) is 18.4 Å². The molecule has 0 aliphatic heterocycles. The number of carbonyl (C=O) groups is 4. The van der Waals surface area contributed by atoms with Gasteiger partial charge < -0.3 is 29.4 Å². The van der Waals surface area contributed by atoms with Crippen molar-refractivity contribution in [3.05, 3.63) is 0 Å². The monoisotopic (exact) mass is 419 g/mol. The molecule has 0 aromatic carbocycles. The van der Waals surface area contributed by atoms with Gasteiger partial charge in [0.25, 0.3) is 0 Å². The molecule has 9 nitrogen and oxygen atoms in total. The number of hydrogen-bond acceptors (Lipinski definition) is 8. The molecule has 10 heteroatoms. The van der Waals surface area contributed by atoms with Crippen LogP contribution in [0, 0.1) is 17.8 Å². The van der Waals surface area contributed by atoms with E-state index in [1.807, 2.05) is 0 Å². The van der Waals surface area contributed by atoms with Gasteiger partial charge in [0.1, 0.15) is 23.4 Å². The Balaban J connectivity index is 3.05. The first-order chi connectivity index (χ1) is 13.1. The van der Waals surface area contributed by atoms with E-state index in [2.05, 4.69) is 5.32 Å². The van der Waals surface area contributed by atoms with Crippen LogP contribution in [0.25, 0.3) is 0 Å². The molecule has 0 spiro atoms. The molecule has 2 N–H and O–H groups in total. The third kappa shape index (κ3) is 6.97. The minimum atomic E-state index is -1.35. The summed E-state index contributed by atoms with van der Waals surface area (Å²) in [5, 5.41) is 12.0. The predicted molar refractivity (Wildman–Crippen MR) is 102 cm³/mol. The molecule has 1 aliphatic rings. The molecule has 1 saturated carbocycles. The number of aldehydes is 1. The maximum Gasteiger partial charge on any atom is 0.408 e. The number of rotatable bonds is 11. The van der Waals surface area contributed by atoms with Crippen molar-refractivity contribution in [2.24, 2.45) is 17.8 Å². The first-order valence-corrected chi connectivity index (χ1v) is 10.2. The zero-order valence-corrected chi connectivity index (χ0v) is 17.6. The van der Waals surface area contributed by atoms with E-state index in [1.165, 1.54) is 11.8 Å². The van der Waals surface area contributed by atoms with Crippen molar-refractivity contribution in [1.29, 1.82) is 0 Å². The second-order valence-corrected chi connectivity index (χ2v) is 8.35. The summed E-state index contributed by atoms with van der Waals surface area (Å²) in [5.74, 6) is -3.71. The van der Waals surface area contributed by atoms with E-state index >= 15 is 0 Å². The molecular weight excluding hydrogens is 390 g/mol. The fraction of sp³-hybridized carbons (Fsp3) is 0.778. The number of aliphatic carboxylic acids is 1. The molecule has 0 aromatic rings. The second-order valence-electron chi connectivity index (χ2n) is 7.22. The van der Waals surface area contributed by atoms with E-state index in [0.717, 1.165) is 0 Å². The number of carboxylic acid groups (broad SMARTS) is 1. The zero-order chi connectivity index (χ0) is 21.5. The third-order valence-electron chi connectivity index (χ3n) is 3.99. The summed E-state index contributed by atoms with van der Waals surface area (Å²) in [4.78, 5) is 47.0. The highest BCUT2D eigenvalue weighted by Crippen LogP contribution is 2.54. The van der Waals surface area contributed by atoms with Gasteiger partial charge in [0.2, 0.25) is 0 Å². The number of thioether (sulfide) groups is 1. The summed E-state index contributed by atoms with van der Waals surface area (Å²) in [7, 11) is 0. The van der Waals surface area contributed by atoms with E-state index in [-0.39, 0.29) is 12.4 Å². The quantitative estimate of drug-likeness (QED) is 0.292. The highest BCUT2D eigenvalue weighted by Gasteiger charge is 2.64. The van der Waals surface area contributed by atoms with Crippen molar-refractivity contribution >= 4 is 36.1 Å². The van der Waals surface area contributed by atoms with Gasteiger partial charge in [-0.25, -0.2) is 9.59 Å². The lowest BCUT2D eigenvalue weighted by molar-refractivity contribution is -0.146. The van der Waals surface area contributed by atoms with Gasteiger partial charge in [-0.2, -0.15) is 0 Å². The highest BCUT2D eigenvalue weighted by molar-refractivity contribution is 8.00. The Bertz CT molecular complexity index is 576. The fourth-order valence-electron chi connectivity index (χ4n) is 3.02. The number of hydrogen-bond donors (Lipinski definition) is 2. The Morgan fingerprint density at radius 2 is 1.82 bits per heavy atom. The van der Waals surface area contributed by atoms with Gasteiger partial charge in [-0.3, -0.25) is 4.79 Å². The first-order valence-electron chi connectivity index (χ1n) is 9.13. The van der Waals surface area contributed by atoms with Crippen molar-refractivity contribution in [2.45, 2.75) is 51.7 Å².